The fraction of sp³-hybridized carbons (Fsp3) is 0.143. The van der Waals surface area contributed by atoms with E-state index in [-0.39, 0.29) is 4.90 Å². The molecule has 0 spiro atoms. The summed E-state index contributed by atoms with van der Waals surface area (Å²) in [5.41, 5.74) is 4.55. The molecule has 29 heavy (non-hydrogen) atoms. The highest BCUT2D eigenvalue weighted by Crippen LogP contribution is 2.24. The number of anilines is 1. The van der Waals surface area contributed by atoms with Crippen LogP contribution >= 0.6 is 0 Å². The quantitative estimate of drug-likeness (QED) is 0.477. The molecule has 3 rings (SSSR count). The lowest BCUT2D eigenvalue weighted by Crippen LogP contribution is -2.39. The first-order chi connectivity index (χ1) is 13.9. The van der Waals surface area contributed by atoms with Crippen LogP contribution in [0.2, 0.25) is 0 Å². The number of amides is 1. The maximum atomic E-state index is 13.2. The Morgan fingerprint density at radius 3 is 2.48 bits per heavy atom. The number of nitrogens with zero attached hydrogens (tertiary/aromatic N) is 2. The van der Waals surface area contributed by atoms with Gasteiger partial charge in [-0.2, -0.15) is 5.10 Å². The minimum absolute atomic E-state index is 0.108. The summed E-state index contributed by atoms with van der Waals surface area (Å²) in [6.45, 7) is 3.31. The van der Waals surface area contributed by atoms with Gasteiger partial charge in [0.2, 0.25) is 0 Å². The minimum atomic E-state index is -3.95. The summed E-state index contributed by atoms with van der Waals surface area (Å²) in [6, 6.07) is 16.8. The highest BCUT2D eigenvalue weighted by atomic mass is 32.2. The average molecular weight is 411 g/mol. The van der Waals surface area contributed by atoms with Gasteiger partial charge in [-0.1, -0.05) is 29.8 Å². The van der Waals surface area contributed by atoms with Gasteiger partial charge in [-0.05, 0) is 55.8 Å². The Labute approximate surface area is 169 Å². The molecule has 0 saturated carbocycles. The third kappa shape index (κ3) is 5.11. The molecule has 1 aromatic heterocycles. The van der Waals surface area contributed by atoms with Gasteiger partial charge in [0.15, 0.2) is 0 Å². The zero-order valence-corrected chi connectivity index (χ0v) is 16.9. The third-order valence-corrected chi connectivity index (χ3v) is 5.90. The van der Waals surface area contributed by atoms with Crippen LogP contribution in [-0.4, -0.2) is 27.1 Å². The molecule has 0 atom stereocenters. The molecular formula is C21H21N3O4S. The molecule has 7 nitrogen and oxygen atoms in total. The number of hydrazone groups is 1. The molecule has 0 unspecified atom stereocenters. The van der Waals surface area contributed by atoms with Gasteiger partial charge >= 0.3 is 0 Å². The van der Waals surface area contributed by atoms with E-state index in [2.05, 4.69) is 10.5 Å². The summed E-state index contributed by atoms with van der Waals surface area (Å²) in [5.74, 6) is -0.113. The molecule has 0 saturated heterocycles. The molecule has 2 aromatic carbocycles. The zero-order chi connectivity index (χ0) is 20.9. The van der Waals surface area contributed by atoms with Gasteiger partial charge in [0.1, 0.15) is 12.3 Å². The molecule has 0 radical (unpaired) electrons. The van der Waals surface area contributed by atoms with E-state index in [1.807, 2.05) is 19.9 Å². The number of benzene rings is 2. The standard InChI is InChI=1S/C21H21N3O4S/c1-16-8-10-20(11-9-16)29(26,27)24(18-6-3-5-17(2)13-18)15-21(25)23-22-14-19-7-4-12-28-19/h3-14H,15H2,1-2H3,(H,23,25)/b22-14-. The second kappa shape index (κ2) is 8.74. The van der Waals surface area contributed by atoms with E-state index in [4.69, 9.17) is 4.42 Å². The molecular weight excluding hydrogens is 390 g/mol. The predicted molar refractivity (Wildman–Crippen MR) is 111 cm³/mol. The van der Waals surface area contributed by atoms with Crippen molar-refractivity contribution in [2.24, 2.45) is 5.10 Å². The second-order valence-corrected chi connectivity index (χ2v) is 8.33. The van der Waals surface area contributed by atoms with Crippen LogP contribution in [0.5, 0.6) is 0 Å². The van der Waals surface area contributed by atoms with Crippen molar-refractivity contribution >= 4 is 27.8 Å². The number of aryl methyl sites for hydroxylation is 2. The van der Waals surface area contributed by atoms with Gasteiger partial charge in [0, 0.05) is 0 Å². The summed E-state index contributed by atoms with van der Waals surface area (Å²) in [6.07, 6.45) is 2.82. The van der Waals surface area contributed by atoms with E-state index in [1.165, 1.54) is 24.6 Å². The van der Waals surface area contributed by atoms with E-state index in [1.54, 1.807) is 42.5 Å². The average Bonchev–Trinajstić information content (AvgIpc) is 3.20. The molecule has 8 heteroatoms. The predicted octanol–water partition coefficient (Wildman–Crippen LogP) is 3.24. The summed E-state index contributed by atoms with van der Waals surface area (Å²) in [7, 11) is -3.95. The molecule has 3 aromatic rings. The Hall–Kier alpha value is -3.39. The van der Waals surface area contributed by atoms with Crippen molar-refractivity contribution in [3.05, 3.63) is 83.8 Å². The Balaban J connectivity index is 1.87. The van der Waals surface area contributed by atoms with Crippen LogP contribution < -0.4 is 9.73 Å². The maximum Gasteiger partial charge on any atom is 0.264 e. The Bertz CT molecular complexity index is 1110. The fourth-order valence-corrected chi connectivity index (χ4v) is 4.05. The lowest BCUT2D eigenvalue weighted by molar-refractivity contribution is -0.119. The zero-order valence-electron chi connectivity index (χ0n) is 16.1. The first-order valence-corrected chi connectivity index (χ1v) is 10.3. The van der Waals surface area contributed by atoms with Gasteiger partial charge < -0.3 is 4.42 Å². The Morgan fingerprint density at radius 2 is 1.83 bits per heavy atom. The highest BCUT2D eigenvalue weighted by Gasteiger charge is 2.27. The summed E-state index contributed by atoms with van der Waals surface area (Å²) >= 11 is 0. The normalized spacial score (nSPS) is 11.5. The molecule has 1 heterocycles. The molecule has 0 aliphatic heterocycles. The van der Waals surface area contributed by atoms with Crippen LogP contribution in [0.4, 0.5) is 5.69 Å². The number of rotatable bonds is 7. The third-order valence-electron chi connectivity index (χ3n) is 4.11. The molecule has 1 amide bonds. The van der Waals surface area contributed by atoms with Crippen molar-refractivity contribution in [2.75, 3.05) is 10.8 Å². The van der Waals surface area contributed by atoms with Gasteiger partial charge in [-0.3, -0.25) is 9.10 Å². The minimum Gasteiger partial charge on any atom is -0.463 e. The molecule has 1 N–H and O–H groups in total. The first kappa shape index (κ1) is 20.3. The summed E-state index contributed by atoms with van der Waals surface area (Å²) in [5, 5.41) is 3.80. The first-order valence-electron chi connectivity index (χ1n) is 8.88. The van der Waals surface area contributed by atoms with Crippen LogP contribution in [0.3, 0.4) is 0 Å². The van der Waals surface area contributed by atoms with Gasteiger partial charge in [-0.15, -0.1) is 0 Å². The number of hydrogen-bond acceptors (Lipinski definition) is 5. The monoisotopic (exact) mass is 411 g/mol. The molecule has 0 fully saturated rings. The van der Waals surface area contributed by atoms with Crippen molar-refractivity contribution < 1.29 is 17.6 Å². The van der Waals surface area contributed by atoms with E-state index in [9.17, 15) is 13.2 Å². The topological polar surface area (TPSA) is 92.0 Å². The number of hydrogen-bond donors (Lipinski definition) is 1. The molecule has 0 bridgehead atoms. The van der Waals surface area contributed by atoms with Crippen molar-refractivity contribution in [2.45, 2.75) is 18.7 Å². The fourth-order valence-electron chi connectivity index (χ4n) is 2.63. The number of carbonyl (C=O) groups is 1. The summed E-state index contributed by atoms with van der Waals surface area (Å²) < 4.78 is 32.7. The van der Waals surface area contributed by atoms with Crippen LogP contribution in [-0.2, 0) is 14.8 Å². The van der Waals surface area contributed by atoms with Crippen LogP contribution in [0.15, 0.2) is 81.3 Å². The summed E-state index contributed by atoms with van der Waals surface area (Å²) in [4.78, 5) is 12.5. The number of nitrogens with one attached hydrogen (secondary N) is 1. The van der Waals surface area contributed by atoms with E-state index < -0.39 is 22.5 Å². The number of carbonyl (C=O) groups excluding carboxylic acids is 1. The molecule has 0 aliphatic rings. The van der Waals surface area contributed by atoms with E-state index in [0.29, 0.717) is 11.4 Å². The molecule has 0 aliphatic carbocycles. The Morgan fingerprint density at radius 1 is 1.07 bits per heavy atom. The number of furan rings is 1. The maximum absolute atomic E-state index is 13.2. The van der Waals surface area contributed by atoms with Gasteiger partial charge in [-0.25, -0.2) is 13.8 Å². The van der Waals surface area contributed by atoms with Crippen LogP contribution in [0.1, 0.15) is 16.9 Å². The smallest absolute Gasteiger partial charge is 0.264 e. The van der Waals surface area contributed by atoms with E-state index in [0.717, 1.165) is 15.4 Å². The Kier molecular flexibility index (Phi) is 6.13. The van der Waals surface area contributed by atoms with Crippen LogP contribution in [0, 0.1) is 13.8 Å². The van der Waals surface area contributed by atoms with Crippen molar-refractivity contribution in [3.63, 3.8) is 0 Å². The number of sulfonamides is 1. The van der Waals surface area contributed by atoms with Crippen LogP contribution in [0.25, 0.3) is 0 Å². The van der Waals surface area contributed by atoms with Crippen molar-refractivity contribution in [1.82, 2.24) is 5.43 Å². The van der Waals surface area contributed by atoms with Crippen molar-refractivity contribution in [3.8, 4) is 0 Å². The second-order valence-electron chi connectivity index (χ2n) is 6.47. The van der Waals surface area contributed by atoms with Gasteiger partial charge in [0.05, 0.1) is 23.1 Å². The van der Waals surface area contributed by atoms with Crippen molar-refractivity contribution in [1.29, 1.82) is 0 Å². The largest absolute Gasteiger partial charge is 0.463 e. The van der Waals surface area contributed by atoms with Gasteiger partial charge in [0.25, 0.3) is 15.9 Å². The molecule has 150 valence electrons. The highest BCUT2D eigenvalue weighted by molar-refractivity contribution is 7.92. The van der Waals surface area contributed by atoms with E-state index >= 15 is 0 Å². The SMILES string of the molecule is Cc1ccc(S(=O)(=O)N(CC(=O)N/N=C\c2ccco2)c2cccc(C)c2)cc1. The lowest BCUT2D eigenvalue weighted by Gasteiger charge is -2.24. The lowest BCUT2D eigenvalue weighted by atomic mass is 10.2.